The van der Waals surface area contributed by atoms with Gasteiger partial charge in [0.25, 0.3) is 11.8 Å². The van der Waals surface area contributed by atoms with Crippen molar-refractivity contribution in [3.63, 3.8) is 0 Å². The number of benzene rings is 1. The van der Waals surface area contributed by atoms with E-state index in [4.69, 9.17) is 0 Å². The molecule has 3 rings (SSSR count). The van der Waals surface area contributed by atoms with Gasteiger partial charge in [-0.3, -0.25) is 9.59 Å². The number of hydrogen-bond acceptors (Lipinski definition) is 5. The van der Waals surface area contributed by atoms with Gasteiger partial charge in [-0.1, -0.05) is 26.0 Å². The molecule has 1 aromatic heterocycles. The largest absolute Gasteiger partial charge is 0.395 e. The zero-order chi connectivity index (χ0) is 16.1. The number of imide groups is 1. The molecule has 1 aliphatic rings. The molecule has 1 aliphatic heterocycles. The molecule has 1 N–H and O–H groups in total. The van der Waals surface area contributed by atoms with Crippen LogP contribution in [0.4, 0.5) is 5.13 Å². The Morgan fingerprint density at radius 1 is 1.18 bits per heavy atom. The molecule has 1 aromatic carbocycles. The number of anilines is 1. The summed E-state index contributed by atoms with van der Waals surface area (Å²) in [6, 6.07) is 6.77. The molecule has 0 atom stereocenters. The SMILES string of the molecule is Cc1nc(N2C(=O)c3ccccc3C2=O)sc1C(C)(C)CO. The van der Waals surface area contributed by atoms with Gasteiger partial charge in [-0.05, 0) is 19.1 Å². The number of carbonyl (C=O) groups excluding carboxylic acids is 2. The summed E-state index contributed by atoms with van der Waals surface area (Å²) in [6.45, 7) is 5.60. The second-order valence-electron chi connectivity index (χ2n) is 5.94. The van der Waals surface area contributed by atoms with Gasteiger partial charge >= 0.3 is 0 Å². The highest BCUT2D eigenvalue weighted by atomic mass is 32.1. The molecule has 0 bridgehead atoms. The molecule has 6 heteroatoms. The van der Waals surface area contributed by atoms with Crippen LogP contribution in [-0.2, 0) is 5.41 Å². The molecule has 0 saturated heterocycles. The number of aliphatic hydroxyl groups excluding tert-OH is 1. The molecule has 2 heterocycles. The van der Waals surface area contributed by atoms with Gasteiger partial charge in [0, 0.05) is 10.3 Å². The second-order valence-corrected chi connectivity index (χ2v) is 6.92. The average Bonchev–Trinajstić information content (AvgIpc) is 2.99. The number of nitrogens with zero attached hydrogens (tertiary/aromatic N) is 2. The van der Waals surface area contributed by atoms with Crippen molar-refractivity contribution < 1.29 is 14.7 Å². The van der Waals surface area contributed by atoms with Crippen LogP contribution < -0.4 is 4.90 Å². The van der Waals surface area contributed by atoms with Crippen LogP contribution in [0.2, 0.25) is 0 Å². The Hall–Kier alpha value is -2.05. The van der Waals surface area contributed by atoms with Crippen LogP contribution in [-0.4, -0.2) is 28.5 Å². The van der Waals surface area contributed by atoms with E-state index >= 15 is 0 Å². The number of fused-ring (bicyclic) bond motifs is 1. The van der Waals surface area contributed by atoms with E-state index in [1.165, 1.54) is 11.3 Å². The van der Waals surface area contributed by atoms with Crippen molar-refractivity contribution in [3.05, 3.63) is 46.0 Å². The lowest BCUT2D eigenvalue weighted by Crippen LogP contribution is -2.29. The van der Waals surface area contributed by atoms with E-state index < -0.39 is 5.41 Å². The third kappa shape index (κ3) is 2.07. The van der Waals surface area contributed by atoms with Crippen molar-refractivity contribution in [1.29, 1.82) is 0 Å². The van der Waals surface area contributed by atoms with E-state index in [-0.39, 0.29) is 18.4 Å². The lowest BCUT2D eigenvalue weighted by molar-refractivity contribution is 0.0926. The van der Waals surface area contributed by atoms with Gasteiger partial charge in [0.05, 0.1) is 23.4 Å². The van der Waals surface area contributed by atoms with Crippen molar-refractivity contribution in [3.8, 4) is 0 Å². The zero-order valence-electron chi connectivity index (χ0n) is 12.6. The lowest BCUT2D eigenvalue weighted by Gasteiger charge is -2.20. The maximum Gasteiger partial charge on any atom is 0.268 e. The van der Waals surface area contributed by atoms with Crippen molar-refractivity contribution in [1.82, 2.24) is 4.98 Å². The predicted octanol–water partition coefficient (Wildman–Crippen LogP) is 2.52. The first-order valence-electron chi connectivity index (χ1n) is 6.93. The third-order valence-corrected chi connectivity index (χ3v) is 5.29. The predicted molar refractivity (Wildman–Crippen MR) is 84.5 cm³/mol. The number of aliphatic hydroxyl groups is 1. The summed E-state index contributed by atoms with van der Waals surface area (Å²) < 4.78 is 0. The minimum absolute atomic E-state index is 0.0302. The molecule has 2 amide bonds. The van der Waals surface area contributed by atoms with Crippen LogP contribution in [0.5, 0.6) is 0 Å². The van der Waals surface area contributed by atoms with E-state index in [2.05, 4.69) is 4.98 Å². The zero-order valence-corrected chi connectivity index (χ0v) is 13.4. The highest BCUT2D eigenvalue weighted by Gasteiger charge is 2.39. The third-order valence-electron chi connectivity index (χ3n) is 3.78. The van der Waals surface area contributed by atoms with Crippen LogP contribution in [0.1, 0.15) is 45.1 Å². The summed E-state index contributed by atoms with van der Waals surface area (Å²) in [5.41, 5.74) is 1.08. The van der Waals surface area contributed by atoms with E-state index in [9.17, 15) is 14.7 Å². The van der Waals surface area contributed by atoms with Gasteiger partial charge in [0.15, 0.2) is 5.13 Å². The van der Waals surface area contributed by atoms with Crippen molar-refractivity contribution in [2.24, 2.45) is 0 Å². The molecular formula is C16H16N2O3S. The smallest absolute Gasteiger partial charge is 0.268 e. The Bertz CT molecular complexity index is 744. The molecule has 5 nitrogen and oxygen atoms in total. The Balaban J connectivity index is 2.06. The number of hydrogen-bond donors (Lipinski definition) is 1. The van der Waals surface area contributed by atoms with Crippen molar-refractivity contribution in [2.75, 3.05) is 11.5 Å². The highest BCUT2D eigenvalue weighted by molar-refractivity contribution is 7.16. The summed E-state index contributed by atoms with van der Waals surface area (Å²) >= 11 is 1.28. The van der Waals surface area contributed by atoms with Crippen molar-refractivity contribution >= 4 is 28.3 Å². The molecular weight excluding hydrogens is 300 g/mol. The monoisotopic (exact) mass is 316 g/mol. The summed E-state index contributed by atoms with van der Waals surface area (Å²) in [5.74, 6) is -0.689. The normalized spacial score (nSPS) is 14.6. The summed E-state index contributed by atoms with van der Waals surface area (Å²) in [4.78, 5) is 31.3. The molecule has 0 spiro atoms. The van der Waals surface area contributed by atoms with Gasteiger partial charge < -0.3 is 5.11 Å². The average molecular weight is 316 g/mol. The second kappa shape index (κ2) is 5.00. The molecule has 0 saturated carbocycles. The Labute approximate surface area is 132 Å². The summed E-state index contributed by atoms with van der Waals surface area (Å²) in [5, 5.41) is 9.89. The van der Waals surface area contributed by atoms with E-state index in [0.717, 1.165) is 15.5 Å². The Morgan fingerprint density at radius 3 is 2.23 bits per heavy atom. The molecule has 0 radical (unpaired) electrons. The summed E-state index contributed by atoms with van der Waals surface area (Å²) in [7, 11) is 0. The van der Waals surface area contributed by atoms with E-state index in [1.54, 1.807) is 24.3 Å². The fraction of sp³-hybridized carbons (Fsp3) is 0.312. The Kier molecular flexibility index (Phi) is 3.38. The number of thiazole rings is 1. The van der Waals surface area contributed by atoms with Gasteiger partial charge in [-0.25, -0.2) is 9.88 Å². The molecule has 22 heavy (non-hydrogen) atoms. The van der Waals surface area contributed by atoms with Gasteiger partial charge in [-0.2, -0.15) is 0 Å². The lowest BCUT2D eigenvalue weighted by atomic mass is 9.92. The Morgan fingerprint density at radius 2 is 1.73 bits per heavy atom. The minimum Gasteiger partial charge on any atom is -0.395 e. The summed E-state index contributed by atoms with van der Waals surface area (Å²) in [6.07, 6.45) is 0. The molecule has 0 aliphatic carbocycles. The molecule has 0 unspecified atom stereocenters. The van der Waals surface area contributed by atoms with Crippen LogP contribution >= 0.6 is 11.3 Å². The standard InChI is InChI=1S/C16H16N2O3S/c1-9-12(16(2,3)8-19)22-15(17-9)18-13(20)10-6-4-5-7-11(10)14(18)21/h4-7,19H,8H2,1-3H3. The number of aryl methyl sites for hydroxylation is 1. The number of aromatic nitrogens is 1. The first-order chi connectivity index (χ1) is 10.4. The van der Waals surface area contributed by atoms with E-state index in [1.807, 2.05) is 20.8 Å². The van der Waals surface area contributed by atoms with Gasteiger partial charge in [0.2, 0.25) is 0 Å². The molecule has 114 valence electrons. The first kappa shape index (κ1) is 14.9. The minimum atomic E-state index is -0.460. The van der Waals surface area contributed by atoms with Crippen LogP contribution in [0.3, 0.4) is 0 Å². The topological polar surface area (TPSA) is 70.5 Å². The van der Waals surface area contributed by atoms with Crippen molar-refractivity contribution in [2.45, 2.75) is 26.2 Å². The number of carbonyl (C=O) groups is 2. The fourth-order valence-corrected chi connectivity index (χ4v) is 3.70. The number of amides is 2. The quantitative estimate of drug-likeness (QED) is 0.883. The van der Waals surface area contributed by atoms with Crippen LogP contribution in [0.15, 0.2) is 24.3 Å². The molecule has 2 aromatic rings. The van der Waals surface area contributed by atoms with Crippen LogP contribution in [0, 0.1) is 6.92 Å². The highest BCUT2D eigenvalue weighted by Crippen LogP contribution is 2.38. The fourth-order valence-electron chi connectivity index (χ4n) is 2.54. The van der Waals surface area contributed by atoms with E-state index in [0.29, 0.717) is 16.3 Å². The van der Waals surface area contributed by atoms with Crippen LogP contribution in [0.25, 0.3) is 0 Å². The maximum atomic E-state index is 12.5. The van der Waals surface area contributed by atoms with Gasteiger partial charge in [0.1, 0.15) is 0 Å². The van der Waals surface area contributed by atoms with Gasteiger partial charge in [-0.15, -0.1) is 11.3 Å². The number of rotatable bonds is 3. The molecule has 0 fully saturated rings. The maximum absolute atomic E-state index is 12.5. The first-order valence-corrected chi connectivity index (χ1v) is 7.75.